The SMILES string of the molecule is C=C/C=C/C=C/C=C/C=C1C=CC=C1. The molecule has 0 N–H and O–H groups in total. The van der Waals surface area contributed by atoms with E-state index < -0.39 is 0 Å². The molecule has 1 rings (SSSR count). The molecule has 0 bridgehead atoms. The van der Waals surface area contributed by atoms with Crippen LogP contribution in [0, 0.1) is 0 Å². The van der Waals surface area contributed by atoms with E-state index in [2.05, 4.69) is 24.8 Å². The van der Waals surface area contributed by atoms with Crippen molar-refractivity contribution in [3.63, 3.8) is 0 Å². The zero-order valence-corrected chi connectivity index (χ0v) is 8.14. The van der Waals surface area contributed by atoms with E-state index in [0.717, 1.165) is 0 Å². The van der Waals surface area contributed by atoms with E-state index in [9.17, 15) is 0 Å². The molecule has 14 heavy (non-hydrogen) atoms. The van der Waals surface area contributed by atoms with Crippen LogP contribution in [0.4, 0.5) is 0 Å². The van der Waals surface area contributed by atoms with E-state index in [1.807, 2.05) is 48.6 Å². The Balaban J connectivity index is 2.34. The van der Waals surface area contributed by atoms with Crippen LogP contribution in [0.5, 0.6) is 0 Å². The van der Waals surface area contributed by atoms with Crippen molar-refractivity contribution in [3.8, 4) is 0 Å². The summed E-state index contributed by atoms with van der Waals surface area (Å²) in [6.45, 7) is 3.58. The lowest BCUT2D eigenvalue weighted by atomic mass is 10.2. The average Bonchev–Trinajstić information content (AvgIpc) is 2.69. The minimum Gasteiger partial charge on any atom is -0.0991 e. The molecule has 1 aliphatic rings. The largest absolute Gasteiger partial charge is 0.0991 e. The van der Waals surface area contributed by atoms with Crippen molar-refractivity contribution in [2.75, 3.05) is 0 Å². The Kier molecular flexibility index (Phi) is 4.89. The van der Waals surface area contributed by atoms with Gasteiger partial charge in [-0.15, -0.1) is 0 Å². The molecular weight excluding hydrogens is 168 g/mol. The number of rotatable bonds is 4. The highest BCUT2D eigenvalue weighted by molar-refractivity contribution is 5.42. The lowest BCUT2D eigenvalue weighted by molar-refractivity contribution is 1.74. The monoisotopic (exact) mass is 182 g/mol. The van der Waals surface area contributed by atoms with Crippen LogP contribution in [-0.4, -0.2) is 0 Å². The van der Waals surface area contributed by atoms with Gasteiger partial charge in [0.05, 0.1) is 0 Å². The van der Waals surface area contributed by atoms with E-state index in [-0.39, 0.29) is 0 Å². The number of allylic oxidation sites excluding steroid dienone is 13. The Morgan fingerprint density at radius 3 is 2.00 bits per heavy atom. The third kappa shape index (κ3) is 4.27. The molecule has 0 aromatic rings. The minimum absolute atomic E-state index is 1.23. The van der Waals surface area contributed by atoms with Gasteiger partial charge in [-0.3, -0.25) is 0 Å². The van der Waals surface area contributed by atoms with Crippen molar-refractivity contribution in [2.45, 2.75) is 0 Å². The summed E-state index contributed by atoms with van der Waals surface area (Å²) in [5.74, 6) is 0. The maximum atomic E-state index is 3.58. The molecule has 0 radical (unpaired) electrons. The van der Waals surface area contributed by atoms with Crippen LogP contribution in [0.3, 0.4) is 0 Å². The van der Waals surface area contributed by atoms with Gasteiger partial charge in [0.25, 0.3) is 0 Å². The number of hydrogen-bond donors (Lipinski definition) is 0. The van der Waals surface area contributed by atoms with Crippen molar-refractivity contribution in [2.24, 2.45) is 0 Å². The molecule has 0 unspecified atom stereocenters. The molecule has 0 aromatic carbocycles. The maximum Gasteiger partial charge on any atom is -0.0257 e. The highest BCUT2D eigenvalue weighted by Gasteiger charge is 1.86. The third-order valence-electron chi connectivity index (χ3n) is 1.67. The molecule has 0 fully saturated rings. The normalized spacial score (nSPS) is 15.3. The fourth-order valence-electron chi connectivity index (χ4n) is 1.00. The molecule has 0 nitrogen and oxygen atoms in total. The highest BCUT2D eigenvalue weighted by atomic mass is 13.9. The standard InChI is InChI=1S/C14H14/c1-2-3-4-5-6-7-8-11-14-12-9-10-13-14/h2-13H,1H2/b4-3+,6-5+,8-7+. The molecule has 0 aromatic heterocycles. The molecular formula is C14H14. The fraction of sp³-hybridized carbons (Fsp3) is 0. The van der Waals surface area contributed by atoms with Gasteiger partial charge in [0.2, 0.25) is 0 Å². The van der Waals surface area contributed by atoms with Gasteiger partial charge in [0, 0.05) is 0 Å². The second-order valence-electron chi connectivity index (χ2n) is 2.78. The van der Waals surface area contributed by atoms with Crippen molar-refractivity contribution in [1.29, 1.82) is 0 Å². The van der Waals surface area contributed by atoms with Crippen molar-refractivity contribution in [3.05, 3.63) is 85.1 Å². The quantitative estimate of drug-likeness (QED) is 0.578. The second kappa shape index (κ2) is 6.67. The molecule has 0 saturated carbocycles. The first-order chi connectivity index (χ1) is 6.93. The molecule has 70 valence electrons. The fourth-order valence-corrected chi connectivity index (χ4v) is 1.00. The van der Waals surface area contributed by atoms with Gasteiger partial charge in [-0.05, 0) is 5.57 Å². The van der Waals surface area contributed by atoms with Crippen molar-refractivity contribution < 1.29 is 0 Å². The van der Waals surface area contributed by atoms with Gasteiger partial charge in [0.1, 0.15) is 0 Å². The molecule has 1 aliphatic carbocycles. The van der Waals surface area contributed by atoms with Gasteiger partial charge >= 0.3 is 0 Å². The van der Waals surface area contributed by atoms with Gasteiger partial charge in [-0.2, -0.15) is 0 Å². The zero-order chi connectivity index (χ0) is 10.1. The summed E-state index contributed by atoms with van der Waals surface area (Å²) in [4.78, 5) is 0. The number of hydrogen-bond acceptors (Lipinski definition) is 0. The Bertz CT molecular complexity index is 330. The molecule has 0 amide bonds. The highest BCUT2D eigenvalue weighted by Crippen LogP contribution is 2.06. The average molecular weight is 182 g/mol. The van der Waals surface area contributed by atoms with Crippen LogP contribution >= 0.6 is 0 Å². The lowest BCUT2D eigenvalue weighted by Gasteiger charge is -1.82. The zero-order valence-electron chi connectivity index (χ0n) is 8.14. The first-order valence-corrected chi connectivity index (χ1v) is 4.61. The molecule has 0 spiro atoms. The summed E-state index contributed by atoms with van der Waals surface area (Å²) in [6, 6.07) is 0. The summed E-state index contributed by atoms with van der Waals surface area (Å²) < 4.78 is 0. The van der Waals surface area contributed by atoms with Crippen LogP contribution in [-0.2, 0) is 0 Å². The topological polar surface area (TPSA) is 0 Å². The molecule has 0 heteroatoms. The second-order valence-corrected chi connectivity index (χ2v) is 2.78. The first-order valence-electron chi connectivity index (χ1n) is 4.61. The Morgan fingerprint density at radius 1 is 0.786 bits per heavy atom. The maximum absolute atomic E-state index is 3.58. The van der Waals surface area contributed by atoms with Crippen LogP contribution in [0.1, 0.15) is 0 Å². The summed E-state index contributed by atoms with van der Waals surface area (Å²) in [5, 5.41) is 0. The van der Waals surface area contributed by atoms with Gasteiger partial charge < -0.3 is 0 Å². The summed E-state index contributed by atoms with van der Waals surface area (Å²) in [7, 11) is 0. The molecule has 0 aliphatic heterocycles. The third-order valence-corrected chi connectivity index (χ3v) is 1.67. The Morgan fingerprint density at radius 2 is 1.36 bits per heavy atom. The van der Waals surface area contributed by atoms with Gasteiger partial charge in [-0.25, -0.2) is 0 Å². The Labute approximate surface area is 85.7 Å². The van der Waals surface area contributed by atoms with Crippen LogP contribution < -0.4 is 0 Å². The van der Waals surface area contributed by atoms with Crippen molar-refractivity contribution >= 4 is 0 Å². The van der Waals surface area contributed by atoms with E-state index in [1.165, 1.54) is 5.57 Å². The van der Waals surface area contributed by atoms with E-state index in [4.69, 9.17) is 0 Å². The molecule has 0 saturated heterocycles. The van der Waals surface area contributed by atoms with Crippen LogP contribution in [0.2, 0.25) is 0 Å². The smallest absolute Gasteiger partial charge is 0.0257 e. The minimum atomic E-state index is 1.23. The molecule has 0 atom stereocenters. The predicted octanol–water partition coefficient (Wildman–Crippen LogP) is 3.89. The first kappa shape index (κ1) is 10.3. The predicted molar refractivity (Wildman–Crippen MR) is 64.0 cm³/mol. The van der Waals surface area contributed by atoms with Crippen LogP contribution in [0.25, 0.3) is 0 Å². The molecule has 0 heterocycles. The van der Waals surface area contributed by atoms with E-state index >= 15 is 0 Å². The van der Waals surface area contributed by atoms with Gasteiger partial charge in [-0.1, -0.05) is 79.5 Å². The van der Waals surface area contributed by atoms with Gasteiger partial charge in [0.15, 0.2) is 0 Å². The van der Waals surface area contributed by atoms with E-state index in [1.54, 1.807) is 6.08 Å². The summed E-state index contributed by atoms with van der Waals surface area (Å²) in [6.07, 6.45) is 23.9. The lowest BCUT2D eigenvalue weighted by Crippen LogP contribution is -1.61. The summed E-state index contributed by atoms with van der Waals surface area (Å²) in [5.41, 5.74) is 1.23. The summed E-state index contributed by atoms with van der Waals surface area (Å²) >= 11 is 0. The van der Waals surface area contributed by atoms with Crippen molar-refractivity contribution in [1.82, 2.24) is 0 Å². The Hall–Kier alpha value is -1.82. The van der Waals surface area contributed by atoms with Crippen LogP contribution in [0.15, 0.2) is 85.1 Å². The van der Waals surface area contributed by atoms with E-state index in [0.29, 0.717) is 0 Å².